The highest BCUT2D eigenvalue weighted by Gasteiger charge is 2.18. The van der Waals surface area contributed by atoms with Crippen LogP contribution in [-0.4, -0.2) is 44.4 Å². The normalized spacial score (nSPS) is 20.9. The number of nitrogens with zero attached hydrogens (tertiary/aromatic N) is 1. The number of hydrogen-bond acceptors (Lipinski definition) is 3. The van der Waals surface area contributed by atoms with Gasteiger partial charge in [0, 0.05) is 25.2 Å². The first-order valence-corrected chi connectivity index (χ1v) is 6.79. The molecule has 0 saturated carbocycles. The maximum Gasteiger partial charge on any atom is 0.119 e. The summed E-state index contributed by atoms with van der Waals surface area (Å²) in [4.78, 5) is 2.40. The largest absolute Gasteiger partial charge is 0.492 e. The molecule has 0 aliphatic carbocycles. The molecular weight excluding hydrogens is 250 g/mol. The number of hydrogen-bond donors (Lipinski definition) is 0. The molecule has 0 aromatic heterocycles. The van der Waals surface area contributed by atoms with Crippen LogP contribution in [0, 0.1) is 0 Å². The molecule has 1 aliphatic rings. The van der Waals surface area contributed by atoms with E-state index in [0.717, 1.165) is 30.4 Å². The molecule has 1 fully saturated rings. The maximum absolute atomic E-state index is 5.82. The van der Waals surface area contributed by atoms with E-state index in [4.69, 9.17) is 21.1 Å². The van der Waals surface area contributed by atoms with E-state index < -0.39 is 0 Å². The maximum atomic E-state index is 5.82. The lowest BCUT2D eigenvalue weighted by Crippen LogP contribution is -2.41. The summed E-state index contributed by atoms with van der Waals surface area (Å²) in [6, 6.07) is 7.49. The first-order valence-electron chi connectivity index (χ1n) is 6.41. The van der Waals surface area contributed by atoms with E-state index in [0.29, 0.717) is 12.7 Å². The van der Waals surface area contributed by atoms with Gasteiger partial charge in [-0.05, 0) is 43.7 Å². The van der Waals surface area contributed by atoms with Gasteiger partial charge < -0.3 is 9.47 Å². The standard InChI is InChI=1S/C14H20ClNO2/c1-17-14-3-2-8-16(11-14)9-10-18-13-6-4-12(15)5-7-13/h4-7,14H,2-3,8-11H2,1H3/t14-/m0/s1. The Bertz CT molecular complexity index is 355. The number of benzene rings is 1. The number of methoxy groups -OCH3 is 1. The molecule has 1 aromatic carbocycles. The molecule has 0 bridgehead atoms. The van der Waals surface area contributed by atoms with Gasteiger partial charge in [0.1, 0.15) is 12.4 Å². The highest BCUT2D eigenvalue weighted by Crippen LogP contribution is 2.16. The van der Waals surface area contributed by atoms with Gasteiger partial charge in [-0.15, -0.1) is 0 Å². The minimum Gasteiger partial charge on any atom is -0.492 e. The van der Waals surface area contributed by atoms with Crippen LogP contribution in [0.4, 0.5) is 0 Å². The molecule has 1 aromatic rings. The second-order valence-electron chi connectivity index (χ2n) is 4.60. The van der Waals surface area contributed by atoms with Gasteiger partial charge in [0.25, 0.3) is 0 Å². The third kappa shape index (κ3) is 4.16. The minimum absolute atomic E-state index is 0.384. The molecule has 3 nitrogen and oxygen atoms in total. The van der Waals surface area contributed by atoms with E-state index in [-0.39, 0.29) is 0 Å². The van der Waals surface area contributed by atoms with E-state index in [1.54, 1.807) is 7.11 Å². The summed E-state index contributed by atoms with van der Waals surface area (Å²) in [5, 5.41) is 0.737. The highest BCUT2D eigenvalue weighted by atomic mass is 35.5. The topological polar surface area (TPSA) is 21.7 Å². The number of ether oxygens (including phenoxy) is 2. The smallest absolute Gasteiger partial charge is 0.119 e. The van der Waals surface area contributed by atoms with E-state index >= 15 is 0 Å². The van der Waals surface area contributed by atoms with Gasteiger partial charge in [-0.2, -0.15) is 0 Å². The van der Waals surface area contributed by atoms with Crippen LogP contribution < -0.4 is 4.74 Å². The zero-order valence-corrected chi connectivity index (χ0v) is 11.5. The predicted octanol–water partition coefficient (Wildman–Crippen LogP) is 2.83. The Hall–Kier alpha value is -0.770. The Morgan fingerprint density at radius 1 is 1.33 bits per heavy atom. The van der Waals surface area contributed by atoms with Crippen LogP contribution in [0.5, 0.6) is 5.75 Å². The predicted molar refractivity (Wildman–Crippen MR) is 73.4 cm³/mol. The second-order valence-corrected chi connectivity index (χ2v) is 5.04. The summed E-state index contributed by atoms with van der Waals surface area (Å²) in [5.41, 5.74) is 0. The van der Waals surface area contributed by atoms with Crippen LogP contribution >= 0.6 is 11.6 Å². The van der Waals surface area contributed by atoms with Gasteiger partial charge in [-0.25, -0.2) is 0 Å². The Balaban J connectivity index is 1.70. The van der Waals surface area contributed by atoms with Gasteiger partial charge in [-0.1, -0.05) is 11.6 Å². The summed E-state index contributed by atoms with van der Waals surface area (Å²) in [6.07, 6.45) is 2.76. The zero-order valence-electron chi connectivity index (χ0n) is 10.8. The SMILES string of the molecule is CO[C@H]1CCCN(CCOc2ccc(Cl)cc2)C1. The summed E-state index contributed by atoms with van der Waals surface area (Å²) in [5.74, 6) is 0.875. The Morgan fingerprint density at radius 3 is 2.83 bits per heavy atom. The van der Waals surface area contributed by atoms with Crippen molar-refractivity contribution in [1.82, 2.24) is 4.90 Å². The molecule has 4 heteroatoms. The molecular formula is C14H20ClNO2. The lowest BCUT2D eigenvalue weighted by molar-refractivity contribution is 0.0272. The Morgan fingerprint density at radius 2 is 2.11 bits per heavy atom. The van der Waals surface area contributed by atoms with Crippen LogP contribution in [0.3, 0.4) is 0 Å². The van der Waals surface area contributed by atoms with Gasteiger partial charge in [-0.3, -0.25) is 4.90 Å². The van der Waals surface area contributed by atoms with E-state index in [9.17, 15) is 0 Å². The van der Waals surface area contributed by atoms with Crippen molar-refractivity contribution in [2.45, 2.75) is 18.9 Å². The lowest BCUT2D eigenvalue weighted by atomic mass is 10.1. The van der Waals surface area contributed by atoms with Crippen LogP contribution in [0.25, 0.3) is 0 Å². The highest BCUT2D eigenvalue weighted by molar-refractivity contribution is 6.30. The van der Waals surface area contributed by atoms with Crippen LogP contribution in [-0.2, 0) is 4.74 Å². The third-order valence-corrected chi connectivity index (χ3v) is 3.54. The van der Waals surface area contributed by atoms with Crippen molar-refractivity contribution in [1.29, 1.82) is 0 Å². The first-order chi connectivity index (χ1) is 8.78. The number of likely N-dealkylation sites (tertiary alicyclic amines) is 1. The van der Waals surface area contributed by atoms with E-state index in [1.165, 1.54) is 12.8 Å². The summed E-state index contributed by atoms with van der Waals surface area (Å²) < 4.78 is 11.1. The molecule has 0 spiro atoms. The molecule has 0 N–H and O–H groups in total. The van der Waals surface area contributed by atoms with Gasteiger partial charge in [0.2, 0.25) is 0 Å². The van der Waals surface area contributed by atoms with Gasteiger partial charge >= 0.3 is 0 Å². The molecule has 0 amide bonds. The van der Waals surface area contributed by atoms with Crippen molar-refractivity contribution in [2.75, 3.05) is 33.4 Å². The molecule has 2 rings (SSSR count). The van der Waals surface area contributed by atoms with Crippen molar-refractivity contribution in [3.63, 3.8) is 0 Å². The van der Waals surface area contributed by atoms with Gasteiger partial charge in [0.05, 0.1) is 6.10 Å². The molecule has 18 heavy (non-hydrogen) atoms. The summed E-state index contributed by atoms with van der Waals surface area (Å²) in [7, 11) is 1.79. The molecule has 0 radical (unpaired) electrons. The molecule has 1 atom stereocenters. The van der Waals surface area contributed by atoms with Crippen LogP contribution in [0.2, 0.25) is 5.02 Å². The Kier molecular flexibility index (Phi) is 5.29. The molecule has 1 saturated heterocycles. The van der Waals surface area contributed by atoms with Gasteiger partial charge in [0.15, 0.2) is 0 Å². The third-order valence-electron chi connectivity index (χ3n) is 3.29. The fourth-order valence-electron chi connectivity index (χ4n) is 2.23. The van der Waals surface area contributed by atoms with Crippen LogP contribution in [0.1, 0.15) is 12.8 Å². The fraction of sp³-hybridized carbons (Fsp3) is 0.571. The Labute approximate surface area is 114 Å². The van der Waals surface area contributed by atoms with Crippen molar-refractivity contribution < 1.29 is 9.47 Å². The van der Waals surface area contributed by atoms with Crippen molar-refractivity contribution in [3.05, 3.63) is 29.3 Å². The second kappa shape index (κ2) is 6.98. The lowest BCUT2D eigenvalue weighted by Gasteiger charge is -2.31. The average Bonchev–Trinajstić information content (AvgIpc) is 2.41. The molecule has 1 heterocycles. The minimum atomic E-state index is 0.384. The molecule has 100 valence electrons. The van der Waals surface area contributed by atoms with Crippen molar-refractivity contribution in [3.8, 4) is 5.75 Å². The summed E-state index contributed by atoms with van der Waals surface area (Å²) in [6.45, 7) is 3.81. The average molecular weight is 270 g/mol. The van der Waals surface area contributed by atoms with Crippen LogP contribution in [0.15, 0.2) is 24.3 Å². The number of rotatable bonds is 5. The first kappa shape index (κ1) is 13.7. The fourth-order valence-corrected chi connectivity index (χ4v) is 2.36. The number of piperidine rings is 1. The zero-order chi connectivity index (χ0) is 12.8. The van der Waals surface area contributed by atoms with Crippen molar-refractivity contribution in [2.24, 2.45) is 0 Å². The summed E-state index contributed by atoms with van der Waals surface area (Å²) >= 11 is 5.82. The molecule has 0 unspecified atom stereocenters. The quantitative estimate of drug-likeness (QED) is 0.821. The van der Waals surface area contributed by atoms with E-state index in [2.05, 4.69) is 4.90 Å². The molecule has 1 aliphatic heterocycles. The number of halogens is 1. The van der Waals surface area contributed by atoms with E-state index in [1.807, 2.05) is 24.3 Å². The van der Waals surface area contributed by atoms with Crippen molar-refractivity contribution >= 4 is 11.6 Å². The monoisotopic (exact) mass is 269 g/mol.